The molecule has 2 nitrogen and oxygen atoms in total. The average Bonchev–Trinajstić information content (AvgIpc) is 2.71. The zero-order valence-corrected chi connectivity index (χ0v) is 19.4. The number of allylic oxidation sites excluding steroid dienone is 2. The van der Waals surface area contributed by atoms with E-state index in [-0.39, 0.29) is 0 Å². The Balaban J connectivity index is 1.90. The Morgan fingerprint density at radius 1 is 1.00 bits per heavy atom. The highest BCUT2D eigenvalue weighted by Gasteiger charge is 2.41. The van der Waals surface area contributed by atoms with E-state index in [2.05, 4.69) is 65.0 Å². The van der Waals surface area contributed by atoms with E-state index in [9.17, 15) is 0 Å². The molecule has 0 amide bonds. The first-order valence-electron chi connectivity index (χ1n) is 11.5. The van der Waals surface area contributed by atoms with Gasteiger partial charge in [-0.1, -0.05) is 55.8 Å². The quantitative estimate of drug-likeness (QED) is 0.476. The van der Waals surface area contributed by atoms with Gasteiger partial charge in [0.1, 0.15) is 6.61 Å². The Labute approximate surface area is 182 Å². The van der Waals surface area contributed by atoms with Crippen LogP contribution >= 0.6 is 0 Å². The molecule has 0 saturated heterocycles. The lowest BCUT2D eigenvalue weighted by molar-refractivity contribution is 0.267. The van der Waals surface area contributed by atoms with E-state index >= 15 is 0 Å². The van der Waals surface area contributed by atoms with Gasteiger partial charge in [-0.3, -0.25) is 0 Å². The van der Waals surface area contributed by atoms with Crippen LogP contribution in [-0.2, 0) is 6.61 Å². The first-order valence-corrected chi connectivity index (χ1v) is 11.5. The van der Waals surface area contributed by atoms with Crippen LogP contribution in [0.25, 0.3) is 0 Å². The van der Waals surface area contributed by atoms with Gasteiger partial charge in [0.25, 0.3) is 0 Å². The van der Waals surface area contributed by atoms with Crippen molar-refractivity contribution in [1.82, 2.24) is 0 Å². The monoisotopic (exact) mass is 404 g/mol. The smallest absolute Gasteiger partial charge is 0.165 e. The molecule has 0 saturated carbocycles. The second-order valence-electron chi connectivity index (χ2n) is 9.65. The zero-order valence-electron chi connectivity index (χ0n) is 19.4. The highest BCUT2D eigenvalue weighted by atomic mass is 16.5. The summed E-state index contributed by atoms with van der Waals surface area (Å²) in [4.78, 5) is 0. The van der Waals surface area contributed by atoms with Crippen molar-refractivity contribution >= 4 is 0 Å². The lowest BCUT2D eigenvalue weighted by Gasteiger charge is -2.43. The fourth-order valence-electron chi connectivity index (χ4n) is 5.89. The predicted molar refractivity (Wildman–Crippen MR) is 125 cm³/mol. The third-order valence-corrected chi connectivity index (χ3v) is 7.20. The Hall–Kier alpha value is -2.22. The van der Waals surface area contributed by atoms with Gasteiger partial charge >= 0.3 is 0 Å². The first kappa shape index (κ1) is 21.0. The summed E-state index contributed by atoms with van der Waals surface area (Å²) < 4.78 is 12.6. The van der Waals surface area contributed by atoms with E-state index in [0.29, 0.717) is 30.3 Å². The summed E-state index contributed by atoms with van der Waals surface area (Å²) in [6.45, 7) is 12.1. The van der Waals surface area contributed by atoms with Crippen LogP contribution in [0.3, 0.4) is 0 Å². The van der Waals surface area contributed by atoms with E-state index in [1.165, 1.54) is 47.1 Å². The van der Waals surface area contributed by atoms with Crippen molar-refractivity contribution in [3.8, 4) is 11.5 Å². The summed E-state index contributed by atoms with van der Waals surface area (Å²) in [6, 6.07) is 10.4. The third kappa shape index (κ3) is 3.66. The fourth-order valence-corrected chi connectivity index (χ4v) is 5.89. The minimum Gasteiger partial charge on any atom is -0.493 e. The van der Waals surface area contributed by atoms with Gasteiger partial charge in [0, 0.05) is 11.5 Å². The number of rotatable bonds is 5. The Morgan fingerprint density at radius 3 is 2.40 bits per heavy atom. The molecule has 0 aliphatic heterocycles. The first-order chi connectivity index (χ1) is 14.4. The maximum absolute atomic E-state index is 6.55. The van der Waals surface area contributed by atoms with Crippen molar-refractivity contribution < 1.29 is 9.47 Å². The molecule has 0 spiro atoms. The Morgan fingerprint density at radius 2 is 1.73 bits per heavy atom. The zero-order chi connectivity index (χ0) is 21.4. The molecule has 160 valence electrons. The number of hydrogen-bond donors (Lipinski definition) is 0. The molecule has 0 fully saturated rings. The van der Waals surface area contributed by atoms with E-state index < -0.39 is 0 Å². The second kappa shape index (κ2) is 8.49. The number of benzene rings is 2. The molecule has 2 heteroatoms. The van der Waals surface area contributed by atoms with Gasteiger partial charge in [-0.25, -0.2) is 0 Å². The van der Waals surface area contributed by atoms with E-state index in [4.69, 9.17) is 9.47 Å². The number of methoxy groups -OCH3 is 1. The van der Waals surface area contributed by atoms with Crippen LogP contribution in [0.1, 0.15) is 92.5 Å². The summed E-state index contributed by atoms with van der Waals surface area (Å²) in [5.74, 6) is 4.22. The van der Waals surface area contributed by atoms with Crippen LogP contribution < -0.4 is 9.47 Å². The largest absolute Gasteiger partial charge is 0.493 e. The number of ether oxygens (including phenoxy) is 2. The molecule has 2 aromatic rings. The van der Waals surface area contributed by atoms with E-state index in [1.807, 2.05) is 6.07 Å². The lowest BCUT2D eigenvalue weighted by Crippen LogP contribution is -2.28. The molecule has 4 rings (SSSR count). The van der Waals surface area contributed by atoms with Gasteiger partial charge in [0.05, 0.1) is 7.11 Å². The van der Waals surface area contributed by atoms with Crippen LogP contribution in [0.2, 0.25) is 0 Å². The number of hydrogen-bond acceptors (Lipinski definition) is 2. The van der Waals surface area contributed by atoms with Crippen LogP contribution in [0.4, 0.5) is 0 Å². The molecule has 0 bridgehead atoms. The second-order valence-corrected chi connectivity index (χ2v) is 9.65. The molecule has 2 aliphatic carbocycles. The average molecular weight is 405 g/mol. The maximum Gasteiger partial charge on any atom is 0.165 e. The normalized spacial score (nSPS) is 24.7. The standard InChI is InChI=1S/C28H36O2/c1-17(2)14-22-15-19(4)23-13-12-18(3)24-26(23)25(22)20(5)27(29-6)28(24)30-16-21-10-8-7-9-11-21/h7-11,14,18-19,22-23H,12-13,15-16H2,1-6H3. The minimum absolute atomic E-state index is 0.470. The maximum atomic E-state index is 6.55. The van der Waals surface area contributed by atoms with E-state index in [0.717, 1.165) is 11.5 Å². The molecule has 4 unspecified atom stereocenters. The van der Waals surface area contributed by atoms with Crippen molar-refractivity contribution in [3.05, 3.63) is 69.8 Å². The highest BCUT2D eigenvalue weighted by molar-refractivity contribution is 5.64. The fraction of sp³-hybridized carbons (Fsp3) is 0.500. The topological polar surface area (TPSA) is 18.5 Å². The lowest BCUT2D eigenvalue weighted by atomic mass is 9.62. The summed E-state index contributed by atoms with van der Waals surface area (Å²) in [6.07, 6.45) is 6.21. The SMILES string of the molecule is COc1c(C)c2c3c(c1OCc1ccccc1)C(C)CCC3C(C)CC2C=C(C)C. The minimum atomic E-state index is 0.470. The van der Waals surface area contributed by atoms with E-state index in [1.54, 1.807) is 12.7 Å². The highest BCUT2D eigenvalue weighted by Crippen LogP contribution is 2.58. The van der Waals surface area contributed by atoms with Crippen molar-refractivity contribution in [1.29, 1.82) is 0 Å². The summed E-state index contributed by atoms with van der Waals surface area (Å²) in [7, 11) is 1.79. The molecular formula is C28H36O2. The molecule has 0 aromatic heterocycles. The Kier molecular flexibility index (Phi) is 5.95. The van der Waals surface area contributed by atoms with Crippen molar-refractivity contribution in [2.45, 2.75) is 78.2 Å². The van der Waals surface area contributed by atoms with Crippen molar-refractivity contribution in [3.63, 3.8) is 0 Å². The van der Waals surface area contributed by atoms with Crippen LogP contribution in [0.5, 0.6) is 11.5 Å². The van der Waals surface area contributed by atoms with Gasteiger partial charge in [0.2, 0.25) is 0 Å². The van der Waals surface area contributed by atoms with Crippen molar-refractivity contribution in [2.75, 3.05) is 7.11 Å². The molecule has 2 aliphatic rings. The van der Waals surface area contributed by atoms with Gasteiger partial charge in [0.15, 0.2) is 11.5 Å². The van der Waals surface area contributed by atoms with Crippen LogP contribution in [-0.4, -0.2) is 7.11 Å². The molecule has 0 heterocycles. The molecule has 0 N–H and O–H groups in total. The van der Waals surface area contributed by atoms with Crippen molar-refractivity contribution in [2.24, 2.45) is 5.92 Å². The van der Waals surface area contributed by atoms with Gasteiger partial charge in [-0.2, -0.15) is 0 Å². The van der Waals surface area contributed by atoms with Gasteiger partial charge < -0.3 is 9.47 Å². The molecule has 2 aromatic carbocycles. The van der Waals surface area contributed by atoms with Gasteiger partial charge in [-0.05, 0) is 80.0 Å². The summed E-state index contributed by atoms with van der Waals surface area (Å²) in [5.41, 5.74) is 8.37. The van der Waals surface area contributed by atoms with Crippen LogP contribution in [0.15, 0.2) is 42.0 Å². The Bertz CT molecular complexity index is 937. The van der Waals surface area contributed by atoms with Crippen LogP contribution in [0, 0.1) is 12.8 Å². The predicted octanol–water partition coefficient (Wildman–Crippen LogP) is 7.65. The third-order valence-electron chi connectivity index (χ3n) is 7.20. The van der Waals surface area contributed by atoms with Gasteiger partial charge in [-0.15, -0.1) is 0 Å². The summed E-state index contributed by atoms with van der Waals surface area (Å²) in [5, 5.41) is 0. The molecular weight excluding hydrogens is 368 g/mol. The molecule has 4 atom stereocenters. The summed E-state index contributed by atoms with van der Waals surface area (Å²) >= 11 is 0. The molecule has 0 radical (unpaired) electrons. The molecule has 30 heavy (non-hydrogen) atoms.